The van der Waals surface area contributed by atoms with Gasteiger partial charge in [-0.15, -0.1) is 0 Å². The van der Waals surface area contributed by atoms with E-state index in [1.54, 1.807) is 19.9 Å². The fraction of sp³-hybridized carbons (Fsp3) is 0.286. The monoisotopic (exact) mass is 406 g/mol. The molecule has 1 aliphatic rings. The second-order valence-corrected chi connectivity index (χ2v) is 6.77. The Labute approximate surface area is 163 Å². The molecule has 1 aromatic heterocycles. The summed E-state index contributed by atoms with van der Waals surface area (Å²) in [6.07, 6.45) is -4.51. The Morgan fingerprint density at radius 2 is 1.72 bits per heavy atom. The lowest BCUT2D eigenvalue weighted by atomic mass is 9.96. The molecule has 0 fully saturated rings. The number of hydrogen-bond acceptors (Lipinski definition) is 5. The maximum atomic E-state index is 13.8. The Morgan fingerprint density at radius 3 is 2.34 bits per heavy atom. The van der Waals surface area contributed by atoms with Crippen LogP contribution in [0.5, 0.6) is 17.2 Å². The standard InChI is InChI=1S/C21H17F3O5/c1-3-11-7-13-15(9-14(11)25)29-20(21(22,23)24)18(19(13)26)12-8-17-16(6-10(12)2)27-4-5-28-17/h6-9,25H,3-5H2,1-2H3. The average molecular weight is 406 g/mol. The number of phenolic OH excluding ortho intramolecular Hbond substituents is 1. The molecule has 2 heterocycles. The van der Waals surface area contributed by atoms with Crippen LogP contribution in [0.4, 0.5) is 13.2 Å². The van der Waals surface area contributed by atoms with E-state index in [0.29, 0.717) is 29.9 Å². The third-order valence-corrected chi connectivity index (χ3v) is 4.89. The lowest BCUT2D eigenvalue weighted by Gasteiger charge is -2.21. The highest BCUT2D eigenvalue weighted by molar-refractivity contribution is 5.86. The van der Waals surface area contributed by atoms with Gasteiger partial charge in [-0.3, -0.25) is 4.79 Å². The Kier molecular flexibility index (Phi) is 4.44. The van der Waals surface area contributed by atoms with Crippen LogP contribution in [-0.4, -0.2) is 18.3 Å². The normalized spacial score (nSPS) is 13.7. The second-order valence-electron chi connectivity index (χ2n) is 6.77. The van der Waals surface area contributed by atoms with Crippen LogP contribution in [0.2, 0.25) is 0 Å². The van der Waals surface area contributed by atoms with E-state index in [2.05, 4.69) is 0 Å². The van der Waals surface area contributed by atoms with E-state index in [0.717, 1.165) is 6.07 Å². The van der Waals surface area contributed by atoms with Gasteiger partial charge in [0.1, 0.15) is 24.5 Å². The maximum Gasteiger partial charge on any atom is 0.450 e. The molecule has 29 heavy (non-hydrogen) atoms. The van der Waals surface area contributed by atoms with Crippen molar-refractivity contribution in [2.24, 2.45) is 0 Å². The fourth-order valence-corrected chi connectivity index (χ4v) is 3.46. The molecule has 1 N–H and O–H groups in total. The van der Waals surface area contributed by atoms with Crippen LogP contribution >= 0.6 is 0 Å². The van der Waals surface area contributed by atoms with E-state index < -0.39 is 22.9 Å². The number of aryl methyl sites for hydroxylation is 2. The molecule has 0 aliphatic carbocycles. The smallest absolute Gasteiger partial charge is 0.450 e. The molecular formula is C21H17F3O5. The highest BCUT2D eigenvalue weighted by Gasteiger charge is 2.40. The third kappa shape index (κ3) is 3.18. The first-order valence-electron chi connectivity index (χ1n) is 9.01. The topological polar surface area (TPSA) is 68.9 Å². The quantitative estimate of drug-likeness (QED) is 0.661. The number of rotatable bonds is 2. The third-order valence-electron chi connectivity index (χ3n) is 4.89. The summed E-state index contributed by atoms with van der Waals surface area (Å²) < 4.78 is 57.5. The van der Waals surface area contributed by atoms with Gasteiger partial charge in [-0.25, -0.2) is 0 Å². The van der Waals surface area contributed by atoms with Crippen molar-refractivity contribution >= 4 is 11.0 Å². The van der Waals surface area contributed by atoms with Crippen molar-refractivity contribution < 1.29 is 32.2 Å². The van der Waals surface area contributed by atoms with Crippen molar-refractivity contribution in [1.82, 2.24) is 0 Å². The first-order chi connectivity index (χ1) is 13.7. The van der Waals surface area contributed by atoms with Gasteiger partial charge in [0.2, 0.25) is 11.2 Å². The number of ether oxygens (including phenoxy) is 2. The SMILES string of the molecule is CCc1cc2c(=O)c(-c3cc4c(cc3C)OCCO4)c(C(F)(F)F)oc2cc1O. The number of aromatic hydroxyl groups is 1. The van der Waals surface area contributed by atoms with Crippen LogP contribution < -0.4 is 14.9 Å². The number of halogens is 3. The molecule has 0 atom stereocenters. The van der Waals surface area contributed by atoms with E-state index in [1.807, 2.05) is 0 Å². The van der Waals surface area contributed by atoms with Gasteiger partial charge >= 0.3 is 6.18 Å². The Bertz CT molecular complexity index is 1180. The van der Waals surface area contributed by atoms with Gasteiger partial charge in [-0.1, -0.05) is 6.92 Å². The molecule has 152 valence electrons. The van der Waals surface area contributed by atoms with Gasteiger partial charge in [0.15, 0.2) is 11.5 Å². The van der Waals surface area contributed by atoms with Gasteiger partial charge in [0.05, 0.1) is 10.9 Å². The number of alkyl halides is 3. The minimum atomic E-state index is -4.92. The molecule has 0 amide bonds. The summed E-state index contributed by atoms with van der Waals surface area (Å²) >= 11 is 0. The minimum Gasteiger partial charge on any atom is -0.508 e. The van der Waals surface area contributed by atoms with Gasteiger partial charge in [0, 0.05) is 6.07 Å². The maximum absolute atomic E-state index is 13.8. The minimum absolute atomic E-state index is 0.0306. The van der Waals surface area contributed by atoms with Crippen LogP contribution in [0.3, 0.4) is 0 Å². The van der Waals surface area contributed by atoms with Crippen molar-refractivity contribution in [3.63, 3.8) is 0 Å². The molecule has 5 nitrogen and oxygen atoms in total. The van der Waals surface area contributed by atoms with E-state index in [9.17, 15) is 23.1 Å². The van der Waals surface area contributed by atoms with Crippen LogP contribution in [0, 0.1) is 6.92 Å². The molecule has 0 radical (unpaired) electrons. The number of fused-ring (bicyclic) bond motifs is 2. The largest absolute Gasteiger partial charge is 0.508 e. The Morgan fingerprint density at radius 1 is 1.07 bits per heavy atom. The van der Waals surface area contributed by atoms with Crippen LogP contribution in [0.15, 0.2) is 33.5 Å². The summed E-state index contributed by atoms with van der Waals surface area (Å²) in [5.41, 5.74) is -0.824. The second kappa shape index (κ2) is 6.72. The molecule has 2 aromatic carbocycles. The van der Waals surface area contributed by atoms with Crippen molar-refractivity contribution in [2.75, 3.05) is 13.2 Å². The summed E-state index contributed by atoms with van der Waals surface area (Å²) in [7, 11) is 0. The zero-order chi connectivity index (χ0) is 20.9. The van der Waals surface area contributed by atoms with Crippen LogP contribution in [-0.2, 0) is 12.6 Å². The molecular weight excluding hydrogens is 389 g/mol. The fourth-order valence-electron chi connectivity index (χ4n) is 3.46. The van der Waals surface area contributed by atoms with E-state index in [4.69, 9.17) is 13.9 Å². The first kappa shape index (κ1) is 19.2. The number of hydrogen-bond donors (Lipinski definition) is 1. The lowest BCUT2D eigenvalue weighted by molar-refractivity contribution is -0.152. The molecule has 4 rings (SSSR count). The van der Waals surface area contributed by atoms with Crippen molar-refractivity contribution in [3.05, 3.63) is 51.4 Å². The lowest BCUT2D eigenvalue weighted by Crippen LogP contribution is -2.18. The van der Waals surface area contributed by atoms with Crippen molar-refractivity contribution in [1.29, 1.82) is 0 Å². The van der Waals surface area contributed by atoms with Gasteiger partial charge in [-0.2, -0.15) is 13.2 Å². The molecule has 0 unspecified atom stereocenters. The molecule has 1 aliphatic heterocycles. The Balaban J connectivity index is 2.09. The summed E-state index contributed by atoms with van der Waals surface area (Å²) in [4.78, 5) is 13.2. The summed E-state index contributed by atoms with van der Waals surface area (Å²) in [5.74, 6) is -0.961. The number of phenols is 1. The van der Waals surface area contributed by atoms with E-state index in [1.165, 1.54) is 12.1 Å². The first-order valence-corrected chi connectivity index (χ1v) is 9.01. The highest BCUT2D eigenvalue weighted by atomic mass is 19.4. The highest BCUT2D eigenvalue weighted by Crippen LogP contribution is 2.42. The molecule has 8 heteroatoms. The predicted molar refractivity (Wildman–Crippen MR) is 99.7 cm³/mol. The van der Waals surface area contributed by atoms with Gasteiger partial charge < -0.3 is 19.0 Å². The number of benzene rings is 2. The Hall–Kier alpha value is -3.16. The van der Waals surface area contributed by atoms with E-state index in [-0.39, 0.29) is 34.6 Å². The van der Waals surface area contributed by atoms with Crippen LogP contribution in [0.25, 0.3) is 22.1 Å². The summed E-state index contributed by atoms with van der Waals surface area (Å²) in [6, 6.07) is 5.33. The summed E-state index contributed by atoms with van der Waals surface area (Å²) in [5, 5.41) is 9.95. The van der Waals surface area contributed by atoms with Crippen molar-refractivity contribution in [3.8, 4) is 28.4 Å². The summed E-state index contributed by atoms with van der Waals surface area (Å²) in [6.45, 7) is 3.94. The average Bonchev–Trinajstić information content (AvgIpc) is 2.66. The predicted octanol–water partition coefficient (Wildman–Crippen LogP) is 4.83. The molecule has 3 aromatic rings. The zero-order valence-corrected chi connectivity index (χ0v) is 15.6. The van der Waals surface area contributed by atoms with E-state index >= 15 is 0 Å². The molecule has 0 spiro atoms. The van der Waals surface area contributed by atoms with Crippen LogP contribution in [0.1, 0.15) is 23.8 Å². The van der Waals surface area contributed by atoms with Crippen molar-refractivity contribution in [2.45, 2.75) is 26.4 Å². The zero-order valence-electron chi connectivity index (χ0n) is 15.6. The molecule has 0 bridgehead atoms. The molecule has 0 saturated carbocycles. The van der Waals surface area contributed by atoms with Gasteiger partial charge in [0.25, 0.3) is 0 Å². The molecule has 0 saturated heterocycles. The van der Waals surface area contributed by atoms with Gasteiger partial charge in [-0.05, 0) is 48.2 Å².